The topological polar surface area (TPSA) is 48.4 Å². The zero-order chi connectivity index (χ0) is 17.6. The highest BCUT2D eigenvalue weighted by Gasteiger charge is 2.48. The molecule has 1 aromatic carbocycles. The average molecular weight is 351 g/mol. The lowest BCUT2D eigenvalue weighted by Gasteiger charge is -2.13. The highest BCUT2D eigenvalue weighted by Crippen LogP contribution is 2.59. The highest BCUT2D eigenvalue weighted by molar-refractivity contribution is 5.94. The summed E-state index contributed by atoms with van der Waals surface area (Å²) in [6.45, 7) is 1.24. The van der Waals surface area contributed by atoms with E-state index in [2.05, 4.69) is 4.98 Å². The van der Waals surface area contributed by atoms with Crippen molar-refractivity contribution in [1.29, 1.82) is 0 Å². The predicted molar refractivity (Wildman–Crippen MR) is 99.3 cm³/mol. The summed E-state index contributed by atoms with van der Waals surface area (Å²) in [6.07, 6.45) is 8.93. The van der Waals surface area contributed by atoms with Gasteiger partial charge in [-0.1, -0.05) is 12.1 Å². The predicted octanol–water partition coefficient (Wildman–Crippen LogP) is 4.76. The summed E-state index contributed by atoms with van der Waals surface area (Å²) in [5.41, 5.74) is 1.75. The van der Waals surface area contributed by atoms with Crippen LogP contribution in [0.15, 0.2) is 30.3 Å². The molecule has 4 heteroatoms. The van der Waals surface area contributed by atoms with Crippen molar-refractivity contribution in [3.63, 3.8) is 0 Å². The number of carbonyl (C=O) groups is 1. The van der Waals surface area contributed by atoms with Crippen LogP contribution in [0.5, 0.6) is 5.75 Å². The van der Waals surface area contributed by atoms with Gasteiger partial charge in [-0.15, -0.1) is 0 Å². The molecule has 0 N–H and O–H groups in total. The number of pyridine rings is 1. The lowest BCUT2D eigenvalue weighted by molar-refractivity contribution is 0.0432. The van der Waals surface area contributed by atoms with E-state index in [-0.39, 0.29) is 5.97 Å². The number of aromatic nitrogens is 1. The number of carbonyl (C=O) groups excluding carboxylic acids is 1. The molecule has 1 atom stereocenters. The Balaban J connectivity index is 1.31. The molecule has 0 radical (unpaired) electrons. The van der Waals surface area contributed by atoms with Gasteiger partial charge in [0.05, 0.1) is 18.7 Å². The van der Waals surface area contributed by atoms with Crippen LogP contribution < -0.4 is 4.74 Å². The minimum absolute atomic E-state index is 0.330. The molecular formula is C22H25NO3. The fraction of sp³-hybridized carbons (Fsp3) is 0.545. The molecule has 0 bridgehead atoms. The van der Waals surface area contributed by atoms with Crippen LogP contribution in [0.2, 0.25) is 0 Å². The van der Waals surface area contributed by atoms with Crippen LogP contribution in [0.3, 0.4) is 0 Å². The Morgan fingerprint density at radius 3 is 2.69 bits per heavy atom. The van der Waals surface area contributed by atoms with Crippen LogP contribution in [0.1, 0.15) is 55.4 Å². The van der Waals surface area contributed by atoms with Gasteiger partial charge in [0.1, 0.15) is 5.75 Å². The Morgan fingerprint density at radius 2 is 1.92 bits per heavy atom. The summed E-state index contributed by atoms with van der Waals surface area (Å²) in [6, 6.07) is 9.57. The molecule has 1 heterocycles. The Bertz CT molecular complexity index is 838. The van der Waals surface area contributed by atoms with Crippen molar-refractivity contribution in [3.8, 4) is 5.75 Å². The first-order valence-corrected chi connectivity index (χ1v) is 9.91. The molecule has 136 valence electrons. The van der Waals surface area contributed by atoms with E-state index < -0.39 is 0 Å². The monoisotopic (exact) mass is 351 g/mol. The maximum atomic E-state index is 12.6. The van der Waals surface area contributed by atoms with Crippen LogP contribution in [0.25, 0.3) is 10.9 Å². The van der Waals surface area contributed by atoms with Gasteiger partial charge in [0.2, 0.25) is 0 Å². The van der Waals surface area contributed by atoms with E-state index in [0.717, 1.165) is 16.7 Å². The van der Waals surface area contributed by atoms with E-state index in [4.69, 9.17) is 9.47 Å². The average Bonchev–Trinajstić information content (AvgIpc) is 3.57. The van der Waals surface area contributed by atoms with Gasteiger partial charge < -0.3 is 9.47 Å². The SMILES string of the molecule is O=C(OCC1CCC2(CC2)C1)c1cc(OCC2CC2)c2ccccc2n1. The van der Waals surface area contributed by atoms with Gasteiger partial charge in [0.25, 0.3) is 0 Å². The van der Waals surface area contributed by atoms with E-state index in [0.29, 0.717) is 36.2 Å². The van der Waals surface area contributed by atoms with Gasteiger partial charge in [-0.3, -0.25) is 0 Å². The molecule has 3 saturated carbocycles. The van der Waals surface area contributed by atoms with Gasteiger partial charge in [-0.2, -0.15) is 0 Å². The largest absolute Gasteiger partial charge is 0.493 e. The van der Waals surface area contributed by atoms with Crippen molar-refractivity contribution >= 4 is 16.9 Å². The third-order valence-electron chi connectivity index (χ3n) is 6.27. The van der Waals surface area contributed by atoms with E-state index in [9.17, 15) is 4.79 Å². The molecule has 2 aromatic rings. The van der Waals surface area contributed by atoms with Crippen LogP contribution in [-0.2, 0) is 4.74 Å². The quantitative estimate of drug-likeness (QED) is 0.704. The second-order valence-corrected chi connectivity index (χ2v) is 8.48. The molecule has 1 spiro atoms. The maximum Gasteiger partial charge on any atom is 0.357 e. The van der Waals surface area contributed by atoms with Gasteiger partial charge in [0, 0.05) is 11.5 Å². The number of fused-ring (bicyclic) bond motifs is 1. The Hall–Kier alpha value is -2.10. The minimum atomic E-state index is -0.330. The maximum absolute atomic E-state index is 12.6. The van der Waals surface area contributed by atoms with Crippen molar-refractivity contribution in [1.82, 2.24) is 4.98 Å². The van der Waals surface area contributed by atoms with Crippen molar-refractivity contribution < 1.29 is 14.3 Å². The summed E-state index contributed by atoms with van der Waals surface area (Å²) in [5.74, 6) is 1.60. The van der Waals surface area contributed by atoms with E-state index in [1.807, 2.05) is 24.3 Å². The van der Waals surface area contributed by atoms with E-state index in [1.165, 1.54) is 44.9 Å². The fourth-order valence-corrected chi connectivity index (χ4v) is 4.23. The zero-order valence-corrected chi connectivity index (χ0v) is 15.1. The summed E-state index contributed by atoms with van der Waals surface area (Å²) in [4.78, 5) is 17.1. The molecule has 3 fully saturated rings. The number of hydrogen-bond acceptors (Lipinski definition) is 4. The van der Waals surface area contributed by atoms with Crippen LogP contribution in [0.4, 0.5) is 0 Å². The second kappa shape index (κ2) is 6.26. The molecule has 3 aliphatic carbocycles. The lowest BCUT2D eigenvalue weighted by Crippen LogP contribution is -2.14. The summed E-state index contributed by atoms with van der Waals surface area (Å²) in [7, 11) is 0. The van der Waals surface area contributed by atoms with Crippen molar-refractivity contribution in [3.05, 3.63) is 36.0 Å². The molecule has 4 nitrogen and oxygen atoms in total. The Labute approximate surface area is 153 Å². The zero-order valence-electron chi connectivity index (χ0n) is 15.1. The summed E-state index contributed by atoms with van der Waals surface area (Å²) >= 11 is 0. The number of benzene rings is 1. The number of ether oxygens (including phenoxy) is 2. The van der Waals surface area contributed by atoms with Gasteiger partial charge in [0.15, 0.2) is 5.69 Å². The molecule has 26 heavy (non-hydrogen) atoms. The first-order chi connectivity index (χ1) is 12.7. The van der Waals surface area contributed by atoms with E-state index >= 15 is 0 Å². The van der Waals surface area contributed by atoms with Gasteiger partial charge >= 0.3 is 5.97 Å². The van der Waals surface area contributed by atoms with Gasteiger partial charge in [-0.05, 0) is 74.3 Å². The minimum Gasteiger partial charge on any atom is -0.493 e. The highest BCUT2D eigenvalue weighted by atomic mass is 16.5. The second-order valence-electron chi connectivity index (χ2n) is 8.48. The smallest absolute Gasteiger partial charge is 0.357 e. The van der Waals surface area contributed by atoms with Crippen molar-refractivity contribution in [2.45, 2.75) is 44.9 Å². The number of para-hydroxylation sites is 1. The molecular weight excluding hydrogens is 326 g/mol. The Morgan fingerprint density at radius 1 is 1.08 bits per heavy atom. The standard InChI is InChI=1S/C22H25NO3/c24-21(26-14-16-7-8-22(12-16)9-10-22)19-11-20(25-13-15-5-6-15)17-3-1-2-4-18(17)23-19/h1-4,11,15-16H,5-10,12-14H2. The third kappa shape index (κ3) is 3.29. The molecule has 0 amide bonds. The molecule has 0 saturated heterocycles. The summed E-state index contributed by atoms with van der Waals surface area (Å²) < 4.78 is 11.6. The molecule has 3 aliphatic rings. The molecule has 0 aliphatic heterocycles. The van der Waals surface area contributed by atoms with Crippen LogP contribution in [-0.4, -0.2) is 24.2 Å². The van der Waals surface area contributed by atoms with Crippen LogP contribution in [0, 0.1) is 17.3 Å². The number of rotatable bonds is 6. The van der Waals surface area contributed by atoms with Gasteiger partial charge in [-0.25, -0.2) is 9.78 Å². The summed E-state index contributed by atoms with van der Waals surface area (Å²) in [5, 5.41) is 0.955. The molecule has 5 rings (SSSR count). The number of hydrogen-bond donors (Lipinski definition) is 0. The normalized spacial score (nSPS) is 23.3. The number of esters is 1. The molecule has 1 aromatic heterocycles. The molecule has 1 unspecified atom stereocenters. The third-order valence-corrected chi connectivity index (χ3v) is 6.27. The first-order valence-electron chi connectivity index (χ1n) is 9.91. The van der Waals surface area contributed by atoms with E-state index in [1.54, 1.807) is 6.07 Å². The Kier molecular flexibility index (Phi) is 3.87. The van der Waals surface area contributed by atoms with Crippen molar-refractivity contribution in [2.75, 3.05) is 13.2 Å². The fourth-order valence-electron chi connectivity index (χ4n) is 4.23. The lowest BCUT2D eigenvalue weighted by atomic mass is 10.0. The first kappa shape index (κ1) is 16.1. The van der Waals surface area contributed by atoms with Crippen molar-refractivity contribution in [2.24, 2.45) is 17.3 Å². The number of nitrogens with zero attached hydrogens (tertiary/aromatic N) is 1. The van der Waals surface area contributed by atoms with Crippen LogP contribution >= 0.6 is 0 Å².